The van der Waals surface area contributed by atoms with Gasteiger partial charge in [0, 0.05) is 5.02 Å². The summed E-state index contributed by atoms with van der Waals surface area (Å²) >= 11 is 5.79. The third-order valence-electron chi connectivity index (χ3n) is 2.23. The number of halogens is 1. The molecule has 1 N–H and O–H groups in total. The van der Waals surface area contributed by atoms with E-state index in [1.54, 1.807) is 24.3 Å². The van der Waals surface area contributed by atoms with Crippen LogP contribution >= 0.6 is 11.6 Å². The molecule has 0 atom stereocenters. The van der Waals surface area contributed by atoms with Gasteiger partial charge in [-0.05, 0) is 36.4 Å². The minimum atomic E-state index is 0.638. The van der Waals surface area contributed by atoms with Gasteiger partial charge in [0.25, 0.3) is 0 Å². The lowest BCUT2D eigenvalue weighted by Crippen LogP contribution is -2.27. The van der Waals surface area contributed by atoms with E-state index in [0.29, 0.717) is 5.02 Å². The SMILES string of the molecule is O=CN(Nc1ccccc1)c1ccc(Cl)cc1. The van der Waals surface area contributed by atoms with Crippen molar-refractivity contribution in [1.82, 2.24) is 0 Å². The third kappa shape index (κ3) is 2.98. The second kappa shape index (κ2) is 5.37. The van der Waals surface area contributed by atoms with Crippen molar-refractivity contribution in [2.24, 2.45) is 0 Å². The van der Waals surface area contributed by atoms with Gasteiger partial charge in [-0.1, -0.05) is 29.8 Å². The van der Waals surface area contributed by atoms with Crippen LogP contribution in [0.15, 0.2) is 54.6 Å². The van der Waals surface area contributed by atoms with Crippen LogP contribution in [0.5, 0.6) is 0 Å². The van der Waals surface area contributed by atoms with Gasteiger partial charge >= 0.3 is 0 Å². The Hall–Kier alpha value is -2.00. The molecular formula is C13H11ClN2O. The zero-order chi connectivity index (χ0) is 12.1. The molecule has 0 fully saturated rings. The van der Waals surface area contributed by atoms with Crippen molar-refractivity contribution in [2.75, 3.05) is 10.4 Å². The summed E-state index contributed by atoms with van der Waals surface area (Å²) in [6.45, 7) is 0. The molecule has 0 aromatic heterocycles. The number of amides is 1. The third-order valence-corrected chi connectivity index (χ3v) is 2.49. The number of anilines is 2. The highest BCUT2D eigenvalue weighted by molar-refractivity contribution is 6.30. The maximum Gasteiger partial charge on any atom is 0.232 e. The number of carbonyl (C=O) groups excluding carboxylic acids is 1. The molecule has 0 aliphatic heterocycles. The number of para-hydroxylation sites is 1. The van der Waals surface area contributed by atoms with Gasteiger partial charge in [-0.2, -0.15) is 0 Å². The quantitative estimate of drug-likeness (QED) is 0.663. The Labute approximate surface area is 105 Å². The van der Waals surface area contributed by atoms with Crippen molar-refractivity contribution in [3.63, 3.8) is 0 Å². The van der Waals surface area contributed by atoms with Crippen molar-refractivity contribution in [1.29, 1.82) is 0 Å². The summed E-state index contributed by atoms with van der Waals surface area (Å²) in [7, 11) is 0. The first-order chi connectivity index (χ1) is 8.29. The lowest BCUT2D eigenvalue weighted by atomic mass is 10.3. The van der Waals surface area contributed by atoms with Crippen LogP contribution in [0.25, 0.3) is 0 Å². The first-order valence-corrected chi connectivity index (χ1v) is 5.49. The van der Waals surface area contributed by atoms with Gasteiger partial charge in [0.15, 0.2) is 0 Å². The highest BCUT2D eigenvalue weighted by Crippen LogP contribution is 2.18. The summed E-state index contributed by atoms with van der Waals surface area (Å²) in [6, 6.07) is 16.5. The highest BCUT2D eigenvalue weighted by Gasteiger charge is 2.04. The normalized spacial score (nSPS) is 9.71. The number of hydrogen-bond donors (Lipinski definition) is 1. The molecule has 0 saturated carbocycles. The molecule has 3 nitrogen and oxygen atoms in total. The van der Waals surface area contributed by atoms with Crippen LogP contribution in [0.3, 0.4) is 0 Å². The Morgan fingerprint density at radius 3 is 2.24 bits per heavy atom. The van der Waals surface area contributed by atoms with Gasteiger partial charge in [-0.25, -0.2) is 5.01 Å². The van der Waals surface area contributed by atoms with Gasteiger partial charge in [0.1, 0.15) is 0 Å². The molecule has 0 heterocycles. The predicted octanol–water partition coefficient (Wildman–Crippen LogP) is 3.33. The Morgan fingerprint density at radius 2 is 1.65 bits per heavy atom. The summed E-state index contributed by atoms with van der Waals surface area (Å²) in [5.41, 5.74) is 4.56. The fourth-order valence-corrected chi connectivity index (χ4v) is 1.53. The minimum Gasteiger partial charge on any atom is -0.292 e. The zero-order valence-corrected chi connectivity index (χ0v) is 9.76. The number of nitrogens with one attached hydrogen (secondary N) is 1. The van der Waals surface area contributed by atoms with Crippen molar-refractivity contribution in [3.05, 3.63) is 59.6 Å². The van der Waals surface area contributed by atoms with Crippen LogP contribution < -0.4 is 10.4 Å². The number of hydrazine groups is 1. The summed E-state index contributed by atoms with van der Waals surface area (Å²) < 4.78 is 0. The van der Waals surface area contributed by atoms with E-state index < -0.39 is 0 Å². The van der Waals surface area contributed by atoms with Crippen molar-refractivity contribution >= 4 is 29.4 Å². The number of benzene rings is 2. The summed E-state index contributed by atoms with van der Waals surface area (Å²) in [5, 5.41) is 2.03. The molecule has 0 unspecified atom stereocenters. The molecule has 0 saturated heterocycles. The molecule has 2 rings (SSSR count). The average Bonchev–Trinajstić information content (AvgIpc) is 2.38. The number of nitrogens with zero attached hydrogens (tertiary/aromatic N) is 1. The molecule has 4 heteroatoms. The molecule has 0 aliphatic rings. The number of rotatable bonds is 4. The van der Waals surface area contributed by atoms with Crippen LogP contribution in [-0.4, -0.2) is 6.41 Å². The van der Waals surface area contributed by atoms with Gasteiger partial charge in [0.2, 0.25) is 6.41 Å². The fraction of sp³-hybridized carbons (Fsp3) is 0. The second-order valence-corrected chi connectivity index (χ2v) is 3.87. The van der Waals surface area contributed by atoms with Gasteiger partial charge in [-0.3, -0.25) is 10.2 Å². The Morgan fingerprint density at radius 1 is 1.00 bits per heavy atom. The smallest absolute Gasteiger partial charge is 0.232 e. The van der Waals surface area contributed by atoms with Crippen LogP contribution in [0.4, 0.5) is 11.4 Å². The van der Waals surface area contributed by atoms with Crippen LogP contribution in [0.1, 0.15) is 0 Å². The van der Waals surface area contributed by atoms with E-state index in [9.17, 15) is 4.79 Å². The molecule has 2 aromatic rings. The Kier molecular flexibility index (Phi) is 3.62. The molecule has 86 valence electrons. The van der Waals surface area contributed by atoms with E-state index in [2.05, 4.69) is 5.43 Å². The largest absolute Gasteiger partial charge is 0.292 e. The summed E-state index contributed by atoms with van der Waals surface area (Å²) in [5.74, 6) is 0. The van der Waals surface area contributed by atoms with Crippen molar-refractivity contribution < 1.29 is 4.79 Å². The van der Waals surface area contributed by atoms with Crippen molar-refractivity contribution in [3.8, 4) is 0 Å². The number of carbonyl (C=O) groups is 1. The standard InChI is InChI=1S/C13H11ClN2O/c14-11-6-8-13(9-7-11)16(10-17)15-12-4-2-1-3-5-12/h1-10,15H. The van der Waals surface area contributed by atoms with E-state index in [1.807, 2.05) is 30.3 Å². The van der Waals surface area contributed by atoms with E-state index in [0.717, 1.165) is 17.8 Å². The first kappa shape index (κ1) is 11.5. The first-order valence-electron chi connectivity index (χ1n) is 5.11. The topological polar surface area (TPSA) is 32.3 Å². The molecule has 0 aliphatic carbocycles. The highest BCUT2D eigenvalue weighted by atomic mass is 35.5. The van der Waals surface area contributed by atoms with Gasteiger partial charge < -0.3 is 0 Å². The summed E-state index contributed by atoms with van der Waals surface area (Å²) in [4.78, 5) is 11.0. The minimum absolute atomic E-state index is 0.638. The average molecular weight is 247 g/mol. The Balaban J connectivity index is 2.17. The van der Waals surface area contributed by atoms with E-state index >= 15 is 0 Å². The second-order valence-electron chi connectivity index (χ2n) is 3.43. The van der Waals surface area contributed by atoms with E-state index in [4.69, 9.17) is 11.6 Å². The lowest BCUT2D eigenvalue weighted by molar-refractivity contribution is -0.107. The zero-order valence-electron chi connectivity index (χ0n) is 9.01. The lowest BCUT2D eigenvalue weighted by Gasteiger charge is -2.19. The van der Waals surface area contributed by atoms with Crippen LogP contribution in [0, 0.1) is 0 Å². The summed E-state index contributed by atoms with van der Waals surface area (Å²) in [6.07, 6.45) is 0.718. The van der Waals surface area contributed by atoms with Crippen LogP contribution in [0.2, 0.25) is 5.02 Å². The monoisotopic (exact) mass is 246 g/mol. The molecular weight excluding hydrogens is 236 g/mol. The van der Waals surface area contributed by atoms with Gasteiger partial charge in [0.05, 0.1) is 11.4 Å². The maximum absolute atomic E-state index is 11.0. The Bertz CT molecular complexity index is 485. The molecule has 17 heavy (non-hydrogen) atoms. The molecule has 0 radical (unpaired) electrons. The number of hydrogen-bond acceptors (Lipinski definition) is 2. The predicted molar refractivity (Wildman–Crippen MR) is 70.1 cm³/mol. The molecule has 0 bridgehead atoms. The fourth-order valence-electron chi connectivity index (χ4n) is 1.41. The van der Waals surface area contributed by atoms with Gasteiger partial charge in [-0.15, -0.1) is 0 Å². The molecule has 2 aromatic carbocycles. The van der Waals surface area contributed by atoms with Crippen LogP contribution in [-0.2, 0) is 4.79 Å². The molecule has 1 amide bonds. The van der Waals surface area contributed by atoms with Crippen molar-refractivity contribution in [2.45, 2.75) is 0 Å². The molecule has 0 spiro atoms. The maximum atomic E-state index is 11.0. The van der Waals surface area contributed by atoms with E-state index in [1.165, 1.54) is 5.01 Å². The van der Waals surface area contributed by atoms with E-state index in [-0.39, 0.29) is 0 Å².